The summed E-state index contributed by atoms with van der Waals surface area (Å²) in [7, 11) is 0. The maximum atomic E-state index is 11.8. The predicted molar refractivity (Wildman–Crippen MR) is 55.4 cm³/mol. The van der Waals surface area contributed by atoms with Crippen molar-refractivity contribution >= 4 is 6.09 Å². The van der Waals surface area contributed by atoms with E-state index in [2.05, 4.69) is 0 Å². The van der Waals surface area contributed by atoms with Gasteiger partial charge in [0.05, 0.1) is 0 Å². The molecule has 3 fully saturated rings. The Labute approximate surface area is 90.2 Å². The first-order chi connectivity index (χ1) is 6.92. The fourth-order valence-corrected chi connectivity index (χ4v) is 2.54. The second kappa shape index (κ2) is 3.37. The summed E-state index contributed by atoms with van der Waals surface area (Å²) in [4.78, 5) is 13.6. The molecule has 0 aromatic heterocycles. The van der Waals surface area contributed by atoms with Crippen LogP contribution in [0, 0.1) is 11.8 Å². The van der Waals surface area contributed by atoms with Gasteiger partial charge in [0.25, 0.3) is 0 Å². The molecule has 0 spiro atoms. The molecule has 2 heterocycles. The molecule has 2 bridgehead atoms. The molecule has 0 aromatic rings. The molecule has 15 heavy (non-hydrogen) atoms. The first-order valence-electron chi connectivity index (χ1n) is 5.53. The van der Waals surface area contributed by atoms with Gasteiger partial charge in [-0.05, 0) is 33.1 Å². The number of fused-ring (bicyclic) bond motifs is 1. The van der Waals surface area contributed by atoms with Gasteiger partial charge in [-0.15, -0.1) is 0 Å². The number of ether oxygens (including phenoxy) is 1. The molecule has 3 rings (SSSR count). The minimum absolute atomic E-state index is 0.189. The summed E-state index contributed by atoms with van der Waals surface area (Å²) < 4.78 is 5.32. The highest BCUT2D eigenvalue weighted by Crippen LogP contribution is 2.46. The molecule has 2 saturated heterocycles. The van der Waals surface area contributed by atoms with Gasteiger partial charge in [-0.2, -0.15) is 0 Å². The Kier molecular flexibility index (Phi) is 2.41. The van der Waals surface area contributed by atoms with Crippen molar-refractivity contribution in [1.82, 2.24) is 4.90 Å². The third-order valence-corrected chi connectivity index (χ3v) is 3.31. The van der Waals surface area contributed by atoms with Crippen LogP contribution in [0.3, 0.4) is 0 Å². The van der Waals surface area contributed by atoms with Gasteiger partial charge in [0.15, 0.2) is 0 Å². The lowest BCUT2D eigenvalue weighted by molar-refractivity contribution is 0.0158. The first kappa shape index (κ1) is 10.7. The fraction of sp³-hybridized carbons (Fsp3) is 0.909. The van der Waals surface area contributed by atoms with Crippen molar-refractivity contribution in [2.45, 2.75) is 38.8 Å². The molecule has 4 heteroatoms. The summed E-state index contributed by atoms with van der Waals surface area (Å²) >= 11 is 0. The Morgan fingerprint density at radius 2 is 2.20 bits per heavy atom. The summed E-state index contributed by atoms with van der Waals surface area (Å²) in [6.07, 6.45) is 0.802. The lowest BCUT2D eigenvalue weighted by Gasteiger charge is -2.35. The van der Waals surface area contributed by atoms with Crippen LogP contribution in [0.4, 0.5) is 4.79 Å². The number of aliphatic hydroxyl groups excluding tert-OH is 1. The highest BCUT2D eigenvalue weighted by molar-refractivity contribution is 5.69. The Bertz CT molecular complexity index is 271. The maximum absolute atomic E-state index is 11.8. The Hall–Kier alpha value is -0.770. The Morgan fingerprint density at radius 3 is 2.67 bits per heavy atom. The fourth-order valence-electron chi connectivity index (χ4n) is 2.54. The van der Waals surface area contributed by atoms with Crippen molar-refractivity contribution in [3.05, 3.63) is 0 Å². The highest BCUT2D eigenvalue weighted by atomic mass is 16.6. The third kappa shape index (κ3) is 1.83. The predicted octanol–water partition coefficient (Wildman–Crippen LogP) is 1.23. The van der Waals surface area contributed by atoms with Crippen molar-refractivity contribution in [2.75, 3.05) is 13.2 Å². The topological polar surface area (TPSA) is 49.8 Å². The van der Waals surface area contributed by atoms with E-state index >= 15 is 0 Å². The molecule has 4 nitrogen and oxygen atoms in total. The Balaban J connectivity index is 1.94. The average molecular weight is 213 g/mol. The normalized spacial score (nSPS) is 33.9. The van der Waals surface area contributed by atoms with Crippen LogP contribution in [0.15, 0.2) is 0 Å². The molecule has 1 aliphatic carbocycles. The van der Waals surface area contributed by atoms with Crippen molar-refractivity contribution in [3.8, 4) is 0 Å². The van der Waals surface area contributed by atoms with E-state index in [1.807, 2.05) is 20.8 Å². The van der Waals surface area contributed by atoms with Crippen LogP contribution in [-0.2, 0) is 4.74 Å². The molecule has 86 valence electrons. The van der Waals surface area contributed by atoms with Crippen LogP contribution < -0.4 is 0 Å². The van der Waals surface area contributed by atoms with Crippen molar-refractivity contribution in [3.63, 3.8) is 0 Å². The Morgan fingerprint density at radius 1 is 1.53 bits per heavy atom. The lowest BCUT2D eigenvalue weighted by atomic mass is 9.74. The highest BCUT2D eigenvalue weighted by Gasteiger charge is 2.54. The second-order valence-corrected chi connectivity index (χ2v) is 5.54. The van der Waals surface area contributed by atoms with Crippen molar-refractivity contribution in [1.29, 1.82) is 0 Å². The van der Waals surface area contributed by atoms with E-state index in [0.717, 1.165) is 13.0 Å². The van der Waals surface area contributed by atoms with Crippen LogP contribution in [0.25, 0.3) is 0 Å². The van der Waals surface area contributed by atoms with Crippen LogP contribution in [-0.4, -0.2) is 40.9 Å². The quantitative estimate of drug-likeness (QED) is 0.712. The second-order valence-electron chi connectivity index (χ2n) is 5.54. The number of hydrogen-bond acceptors (Lipinski definition) is 3. The molecule has 2 aliphatic heterocycles. The lowest BCUT2D eigenvalue weighted by Crippen LogP contribution is -2.44. The number of nitrogens with zero attached hydrogens (tertiary/aromatic N) is 1. The maximum Gasteiger partial charge on any atom is 0.410 e. The first-order valence-corrected chi connectivity index (χ1v) is 5.53. The molecule has 3 aliphatic rings. The van der Waals surface area contributed by atoms with Gasteiger partial charge < -0.3 is 14.7 Å². The number of hydrogen-bond donors (Lipinski definition) is 1. The summed E-state index contributed by atoms with van der Waals surface area (Å²) in [5.74, 6) is 0.782. The standard InChI is InChI=1S/C11H19NO3/c1-11(2,3)15-10(14)12-5-7-4-9(12)8(7)6-13/h7-9,13H,4-6H2,1-3H3. The van der Waals surface area contributed by atoms with Crippen LogP contribution in [0.1, 0.15) is 27.2 Å². The number of carbonyl (C=O) groups is 1. The molecular formula is C11H19NO3. The minimum Gasteiger partial charge on any atom is -0.444 e. The monoisotopic (exact) mass is 213 g/mol. The molecule has 0 radical (unpaired) electrons. The van der Waals surface area contributed by atoms with Gasteiger partial charge >= 0.3 is 6.09 Å². The van der Waals surface area contributed by atoms with E-state index in [-0.39, 0.29) is 24.7 Å². The van der Waals surface area contributed by atoms with Gasteiger partial charge in [-0.1, -0.05) is 0 Å². The number of aliphatic hydroxyl groups is 1. The molecule has 3 atom stereocenters. The average Bonchev–Trinajstić information content (AvgIpc) is 2.56. The smallest absolute Gasteiger partial charge is 0.410 e. The van der Waals surface area contributed by atoms with E-state index < -0.39 is 5.60 Å². The molecule has 0 aromatic carbocycles. The van der Waals surface area contributed by atoms with Crippen molar-refractivity contribution in [2.24, 2.45) is 11.8 Å². The molecule has 1 saturated carbocycles. The van der Waals surface area contributed by atoms with E-state index in [0.29, 0.717) is 5.92 Å². The zero-order valence-electron chi connectivity index (χ0n) is 9.56. The molecule has 1 amide bonds. The summed E-state index contributed by atoms with van der Waals surface area (Å²) in [5, 5.41) is 9.12. The summed E-state index contributed by atoms with van der Waals surface area (Å²) in [6.45, 7) is 6.55. The van der Waals surface area contributed by atoms with Gasteiger partial charge in [-0.25, -0.2) is 4.79 Å². The largest absolute Gasteiger partial charge is 0.444 e. The van der Waals surface area contributed by atoms with Gasteiger partial charge in [0.1, 0.15) is 5.60 Å². The molecular weight excluding hydrogens is 194 g/mol. The van der Waals surface area contributed by atoms with E-state index in [9.17, 15) is 4.79 Å². The van der Waals surface area contributed by atoms with E-state index in [4.69, 9.17) is 9.84 Å². The number of carbonyl (C=O) groups excluding carboxylic acids is 1. The van der Waals surface area contributed by atoms with Gasteiger partial charge in [-0.3, -0.25) is 0 Å². The van der Waals surface area contributed by atoms with Crippen molar-refractivity contribution < 1.29 is 14.6 Å². The SMILES string of the molecule is CC(C)(C)OC(=O)N1CC2CC1C2CO. The van der Waals surface area contributed by atoms with E-state index in [1.54, 1.807) is 4.90 Å². The van der Waals surface area contributed by atoms with Crippen LogP contribution >= 0.6 is 0 Å². The summed E-state index contributed by atoms with van der Waals surface area (Å²) in [5.41, 5.74) is -0.432. The third-order valence-electron chi connectivity index (χ3n) is 3.31. The molecule has 1 N–H and O–H groups in total. The zero-order chi connectivity index (χ0) is 11.2. The van der Waals surface area contributed by atoms with Crippen LogP contribution in [0.5, 0.6) is 0 Å². The summed E-state index contributed by atoms with van der Waals surface area (Å²) in [6, 6.07) is 0.217. The minimum atomic E-state index is -0.432. The van der Waals surface area contributed by atoms with E-state index in [1.165, 1.54) is 0 Å². The van der Waals surface area contributed by atoms with Gasteiger partial charge in [0.2, 0.25) is 0 Å². The number of amides is 1. The van der Waals surface area contributed by atoms with Gasteiger partial charge in [0, 0.05) is 25.1 Å². The van der Waals surface area contributed by atoms with Crippen LogP contribution in [0.2, 0.25) is 0 Å². The zero-order valence-corrected chi connectivity index (χ0v) is 9.56. The molecule has 3 unspecified atom stereocenters. The number of rotatable bonds is 1.